The second kappa shape index (κ2) is 6.45. The normalized spacial score (nSPS) is 14.9. The summed E-state index contributed by atoms with van der Waals surface area (Å²) in [5, 5.41) is 0. The molecule has 25 heavy (non-hydrogen) atoms. The summed E-state index contributed by atoms with van der Waals surface area (Å²) in [6.45, 7) is 8.59. The van der Waals surface area contributed by atoms with E-state index >= 15 is 0 Å². The van der Waals surface area contributed by atoms with Crippen LogP contribution in [0.25, 0.3) is 0 Å². The van der Waals surface area contributed by atoms with Crippen LogP contribution in [0.4, 0.5) is 0 Å². The van der Waals surface area contributed by atoms with Crippen LogP contribution in [0.3, 0.4) is 0 Å². The molecule has 0 saturated heterocycles. The molecular weight excluding hydrogens is 382 g/mol. The molecule has 4 nitrogen and oxygen atoms in total. The van der Waals surface area contributed by atoms with Crippen LogP contribution < -0.4 is 10.3 Å². The second-order valence-electron chi connectivity index (χ2n) is 7.37. The third-order valence-corrected chi connectivity index (χ3v) is 5.36. The smallest absolute Gasteiger partial charge is 0.251 e. The first-order valence-corrected chi connectivity index (χ1v) is 9.18. The monoisotopic (exact) mass is 403 g/mol. The zero-order valence-corrected chi connectivity index (χ0v) is 16.5. The highest BCUT2D eigenvalue weighted by Gasteiger charge is 2.34. The summed E-state index contributed by atoms with van der Waals surface area (Å²) in [4.78, 5) is 27.6. The molecule has 1 N–H and O–H groups in total. The largest absolute Gasteiger partial charge is 0.491 e. The third kappa shape index (κ3) is 3.43. The number of aryl methyl sites for hydroxylation is 2. The number of aromatic nitrogens is 1. The Hall–Kier alpha value is -1.88. The molecule has 0 saturated carbocycles. The fraction of sp³-hybridized carbons (Fsp3) is 0.400. The van der Waals surface area contributed by atoms with Crippen molar-refractivity contribution in [2.24, 2.45) is 0 Å². The number of halogens is 1. The van der Waals surface area contributed by atoms with Gasteiger partial charge in [0.05, 0.1) is 11.1 Å². The Morgan fingerprint density at radius 2 is 2.00 bits per heavy atom. The molecule has 0 atom stereocenters. The van der Waals surface area contributed by atoms with Gasteiger partial charge in [-0.25, -0.2) is 0 Å². The molecule has 0 spiro atoms. The van der Waals surface area contributed by atoms with Crippen molar-refractivity contribution in [1.29, 1.82) is 0 Å². The summed E-state index contributed by atoms with van der Waals surface area (Å²) in [6.07, 6.45) is 0.744. The molecule has 1 aliphatic heterocycles. The van der Waals surface area contributed by atoms with Crippen LogP contribution in [0.5, 0.6) is 5.75 Å². The number of ether oxygens (including phenoxy) is 1. The maximum atomic E-state index is 12.7. The third-order valence-electron chi connectivity index (χ3n) is 4.77. The van der Waals surface area contributed by atoms with E-state index in [0.717, 1.165) is 27.0 Å². The van der Waals surface area contributed by atoms with Crippen LogP contribution >= 0.6 is 15.9 Å². The van der Waals surface area contributed by atoms with Crippen LogP contribution in [0.1, 0.15) is 53.0 Å². The van der Waals surface area contributed by atoms with Crippen molar-refractivity contribution in [1.82, 2.24) is 4.98 Å². The Morgan fingerprint density at radius 3 is 2.68 bits per heavy atom. The van der Waals surface area contributed by atoms with E-state index in [1.165, 1.54) is 0 Å². The van der Waals surface area contributed by atoms with E-state index in [4.69, 9.17) is 4.74 Å². The number of pyridine rings is 1. The number of rotatable bonds is 4. The summed E-state index contributed by atoms with van der Waals surface area (Å²) in [6, 6.07) is 5.68. The van der Waals surface area contributed by atoms with Crippen LogP contribution in [-0.2, 0) is 11.8 Å². The molecular formula is C20H22BrNO3. The Kier molecular flexibility index (Phi) is 4.62. The van der Waals surface area contributed by atoms with Crippen molar-refractivity contribution in [3.63, 3.8) is 0 Å². The number of nitrogens with one attached hydrogen (secondary N) is 1. The van der Waals surface area contributed by atoms with Gasteiger partial charge in [-0.2, -0.15) is 0 Å². The summed E-state index contributed by atoms with van der Waals surface area (Å²) in [5.41, 5.74) is 3.94. The molecule has 0 unspecified atom stereocenters. The summed E-state index contributed by atoms with van der Waals surface area (Å²) < 4.78 is 6.56. The number of carbonyl (C=O) groups excluding carboxylic acids is 1. The number of benzene rings is 1. The Morgan fingerprint density at radius 1 is 1.28 bits per heavy atom. The molecule has 0 aliphatic carbocycles. The van der Waals surface area contributed by atoms with Gasteiger partial charge in [-0.15, -0.1) is 0 Å². The minimum atomic E-state index is -0.112. The van der Waals surface area contributed by atoms with Gasteiger partial charge in [0.25, 0.3) is 5.56 Å². The van der Waals surface area contributed by atoms with Crippen molar-refractivity contribution in [3.8, 4) is 5.75 Å². The van der Waals surface area contributed by atoms with Crippen LogP contribution in [0, 0.1) is 13.8 Å². The van der Waals surface area contributed by atoms with E-state index in [0.29, 0.717) is 30.6 Å². The fourth-order valence-electron chi connectivity index (χ4n) is 3.31. The first-order chi connectivity index (χ1) is 11.7. The van der Waals surface area contributed by atoms with Gasteiger partial charge in [-0.3, -0.25) is 9.59 Å². The molecule has 5 heteroatoms. The molecule has 1 aromatic carbocycles. The Labute approximate surface area is 155 Å². The van der Waals surface area contributed by atoms with E-state index in [1.807, 2.05) is 32.0 Å². The van der Waals surface area contributed by atoms with E-state index < -0.39 is 0 Å². The lowest BCUT2D eigenvalue weighted by Crippen LogP contribution is -2.19. The Bertz CT molecular complexity index is 912. The summed E-state index contributed by atoms with van der Waals surface area (Å²) in [5.74, 6) is 0.859. The van der Waals surface area contributed by atoms with Crippen LogP contribution in [-0.4, -0.2) is 17.4 Å². The molecule has 132 valence electrons. The average Bonchev–Trinajstić information content (AvgIpc) is 2.82. The first-order valence-electron chi connectivity index (χ1n) is 8.38. The van der Waals surface area contributed by atoms with Crippen molar-refractivity contribution in [2.45, 2.75) is 46.0 Å². The van der Waals surface area contributed by atoms with Crippen LogP contribution in [0.15, 0.2) is 27.5 Å². The number of hydrogen-bond donors (Lipinski definition) is 1. The lowest BCUT2D eigenvalue weighted by molar-refractivity contribution is 0.0982. The predicted octanol–water partition coefficient (Wildman–Crippen LogP) is 4.24. The molecule has 0 radical (unpaired) electrons. The van der Waals surface area contributed by atoms with E-state index in [9.17, 15) is 9.59 Å². The number of hydrogen-bond acceptors (Lipinski definition) is 3. The second-order valence-corrected chi connectivity index (χ2v) is 8.23. The molecule has 3 rings (SSSR count). The number of Topliss-reactive ketones (excluding diaryl/α,β-unsaturated/α-hetero) is 1. The van der Waals surface area contributed by atoms with Crippen molar-refractivity contribution in [2.75, 3.05) is 6.61 Å². The summed E-state index contributed by atoms with van der Waals surface area (Å²) in [7, 11) is 0. The van der Waals surface area contributed by atoms with Crippen molar-refractivity contribution in [3.05, 3.63) is 61.0 Å². The van der Waals surface area contributed by atoms with Gasteiger partial charge in [0.1, 0.15) is 5.75 Å². The van der Waals surface area contributed by atoms with Gasteiger partial charge in [0.2, 0.25) is 0 Å². The van der Waals surface area contributed by atoms with Gasteiger partial charge in [-0.1, -0.05) is 13.8 Å². The predicted molar refractivity (Wildman–Crippen MR) is 102 cm³/mol. The molecule has 1 aliphatic rings. The van der Waals surface area contributed by atoms with Crippen molar-refractivity contribution < 1.29 is 9.53 Å². The number of H-pyrrole nitrogens is 1. The van der Waals surface area contributed by atoms with Gasteiger partial charge in [0, 0.05) is 34.2 Å². The number of aromatic amines is 1. The zero-order valence-electron chi connectivity index (χ0n) is 15.0. The first kappa shape index (κ1) is 17.9. The van der Waals surface area contributed by atoms with Gasteiger partial charge in [-0.05, 0) is 60.0 Å². The van der Waals surface area contributed by atoms with Gasteiger partial charge in [0.15, 0.2) is 5.78 Å². The van der Waals surface area contributed by atoms with E-state index in [-0.39, 0.29) is 16.8 Å². The van der Waals surface area contributed by atoms with Crippen LogP contribution in [0.2, 0.25) is 0 Å². The Balaban J connectivity index is 1.84. The highest BCUT2D eigenvalue weighted by molar-refractivity contribution is 9.10. The highest BCUT2D eigenvalue weighted by atomic mass is 79.9. The maximum Gasteiger partial charge on any atom is 0.251 e. The van der Waals surface area contributed by atoms with Crippen molar-refractivity contribution >= 4 is 21.7 Å². The zero-order chi connectivity index (χ0) is 18.4. The SMILES string of the molecule is Cc1cc(C)c(CCC(=O)c2cc(Br)c3c(c2)C(C)(C)CO3)c(=O)[nH]1. The molecule has 0 bridgehead atoms. The maximum absolute atomic E-state index is 12.7. The molecule has 0 amide bonds. The minimum Gasteiger partial charge on any atom is -0.491 e. The lowest BCUT2D eigenvalue weighted by Gasteiger charge is -2.16. The fourth-order valence-corrected chi connectivity index (χ4v) is 3.88. The molecule has 2 aromatic rings. The quantitative estimate of drug-likeness (QED) is 0.776. The molecule has 2 heterocycles. The average molecular weight is 404 g/mol. The highest BCUT2D eigenvalue weighted by Crippen LogP contribution is 2.43. The van der Waals surface area contributed by atoms with E-state index in [1.54, 1.807) is 0 Å². The standard InChI is InChI=1S/C20H22BrNO3/c1-11-7-12(2)22-19(24)14(11)5-6-17(23)13-8-15-18(16(21)9-13)25-10-20(15,3)4/h7-9H,5-6,10H2,1-4H3,(H,22,24). The molecule has 0 fully saturated rings. The lowest BCUT2D eigenvalue weighted by atomic mass is 9.85. The topological polar surface area (TPSA) is 59.2 Å². The van der Waals surface area contributed by atoms with Gasteiger partial charge >= 0.3 is 0 Å². The molecule has 1 aromatic heterocycles. The summed E-state index contributed by atoms with van der Waals surface area (Å²) >= 11 is 3.51. The number of carbonyl (C=O) groups is 1. The minimum absolute atomic E-state index is 0.0329. The number of fused-ring (bicyclic) bond motifs is 1. The van der Waals surface area contributed by atoms with Gasteiger partial charge < -0.3 is 9.72 Å². The number of ketones is 1. The van der Waals surface area contributed by atoms with E-state index in [2.05, 4.69) is 34.8 Å².